The van der Waals surface area contributed by atoms with Crippen LogP contribution in [0.15, 0.2) is 24.3 Å². The highest BCUT2D eigenvalue weighted by atomic mass is 16.4. The van der Waals surface area contributed by atoms with E-state index in [2.05, 4.69) is 0 Å². The number of ketones is 1. The van der Waals surface area contributed by atoms with Crippen molar-refractivity contribution in [1.82, 2.24) is 0 Å². The molecule has 0 aliphatic heterocycles. The zero-order chi connectivity index (χ0) is 15.2. The molecule has 114 valence electrons. The van der Waals surface area contributed by atoms with E-state index < -0.39 is 5.97 Å². The van der Waals surface area contributed by atoms with Crippen LogP contribution in [0.3, 0.4) is 0 Å². The van der Waals surface area contributed by atoms with Gasteiger partial charge in [-0.2, -0.15) is 0 Å². The quantitative estimate of drug-likeness (QED) is 0.866. The van der Waals surface area contributed by atoms with Gasteiger partial charge in [0.2, 0.25) is 0 Å². The number of Topliss-reactive ketones (excluding diaryl/α,β-unsaturated/α-hetero) is 1. The lowest BCUT2D eigenvalue weighted by Crippen LogP contribution is -2.23. The second-order valence-electron chi connectivity index (χ2n) is 6.28. The van der Waals surface area contributed by atoms with Crippen molar-refractivity contribution >= 4 is 11.8 Å². The Morgan fingerprint density at radius 3 is 2.29 bits per heavy atom. The molecule has 1 N–H and O–H groups in total. The summed E-state index contributed by atoms with van der Waals surface area (Å²) in [6, 6.07) is 8.16. The van der Waals surface area contributed by atoms with E-state index in [4.69, 9.17) is 5.11 Å². The summed E-state index contributed by atoms with van der Waals surface area (Å²) in [5, 5.41) is 8.71. The SMILES string of the molecule is Cc1ccc(CC(=O)C2CCC(CCC(=O)O)CC2)cc1. The molecule has 0 aromatic heterocycles. The third kappa shape index (κ3) is 5.00. The van der Waals surface area contributed by atoms with Gasteiger partial charge < -0.3 is 5.11 Å². The maximum atomic E-state index is 12.3. The Kier molecular flexibility index (Phi) is 5.54. The van der Waals surface area contributed by atoms with Crippen LogP contribution in [0.4, 0.5) is 0 Å². The molecule has 0 bridgehead atoms. The minimum Gasteiger partial charge on any atom is -0.481 e. The number of hydrogen-bond donors (Lipinski definition) is 1. The average molecular weight is 288 g/mol. The molecular weight excluding hydrogens is 264 g/mol. The van der Waals surface area contributed by atoms with Gasteiger partial charge in [-0.1, -0.05) is 29.8 Å². The molecule has 0 amide bonds. The first-order valence-electron chi connectivity index (χ1n) is 7.84. The highest BCUT2D eigenvalue weighted by molar-refractivity contribution is 5.83. The molecule has 0 radical (unpaired) electrons. The molecule has 1 saturated carbocycles. The summed E-state index contributed by atoms with van der Waals surface area (Å²) < 4.78 is 0. The molecular formula is C18H24O3. The fraction of sp³-hybridized carbons (Fsp3) is 0.556. The first-order chi connectivity index (χ1) is 10.0. The number of carboxylic acids is 1. The maximum absolute atomic E-state index is 12.3. The molecule has 3 nitrogen and oxygen atoms in total. The Bertz CT molecular complexity index is 482. The zero-order valence-corrected chi connectivity index (χ0v) is 12.7. The highest BCUT2D eigenvalue weighted by Crippen LogP contribution is 2.32. The molecule has 1 aromatic rings. The van der Waals surface area contributed by atoms with E-state index in [9.17, 15) is 9.59 Å². The van der Waals surface area contributed by atoms with Crippen LogP contribution in [-0.2, 0) is 16.0 Å². The first-order valence-corrected chi connectivity index (χ1v) is 7.84. The largest absolute Gasteiger partial charge is 0.481 e. The number of aryl methyl sites for hydroxylation is 1. The summed E-state index contributed by atoms with van der Waals surface area (Å²) in [6.45, 7) is 2.05. The van der Waals surface area contributed by atoms with Crippen molar-refractivity contribution in [3.8, 4) is 0 Å². The van der Waals surface area contributed by atoms with Crippen LogP contribution in [-0.4, -0.2) is 16.9 Å². The van der Waals surface area contributed by atoms with Crippen LogP contribution in [0, 0.1) is 18.8 Å². The summed E-state index contributed by atoms with van der Waals surface area (Å²) in [5.41, 5.74) is 2.31. The van der Waals surface area contributed by atoms with E-state index >= 15 is 0 Å². The third-order valence-corrected chi connectivity index (χ3v) is 4.57. The summed E-state index contributed by atoms with van der Waals surface area (Å²) in [4.78, 5) is 22.9. The lowest BCUT2D eigenvalue weighted by Gasteiger charge is -2.27. The van der Waals surface area contributed by atoms with Crippen LogP contribution in [0.5, 0.6) is 0 Å². The van der Waals surface area contributed by atoms with Gasteiger partial charge in [-0.15, -0.1) is 0 Å². The van der Waals surface area contributed by atoms with E-state index in [0.717, 1.165) is 37.7 Å². The van der Waals surface area contributed by atoms with Crippen LogP contribution < -0.4 is 0 Å². The van der Waals surface area contributed by atoms with Gasteiger partial charge in [-0.25, -0.2) is 0 Å². The van der Waals surface area contributed by atoms with Gasteiger partial charge in [0.25, 0.3) is 0 Å². The Labute approximate surface area is 126 Å². The fourth-order valence-electron chi connectivity index (χ4n) is 3.15. The second kappa shape index (κ2) is 7.39. The molecule has 3 heteroatoms. The van der Waals surface area contributed by atoms with Crippen LogP contribution >= 0.6 is 0 Å². The zero-order valence-electron chi connectivity index (χ0n) is 12.7. The topological polar surface area (TPSA) is 54.4 Å². The van der Waals surface area contributed by atoms with Crippen LogP contribution in [0.2, 0.25) is 0 Å². The monoisotopic (exact) mass is 288 g/mol. The second-order valence-corrected chi connectivity index (χ2v) is 6.28. The highest BCUT2D eigenvalue weighted by Gasteiger charge is 2.26. The van der Waals surface area contributed by atoms with Crippen molar-refractivity contribution in [3.05, 3.63) is 35.4 Å². The molecule has 0 saturated heterocycles. The van der Waals surface area contributed by atoms with E-state index in [0.29, 0.717) is 18.1 Å². The molecule has 0 unspecified atom stereocenters. The number of carboxylic acid groups (broad SMARTS) is 1. The van der Waals surface area contributed by atoms with Gasteiger partial charge in [0, 0.05) is 18.8 Å². The molecule has 0 atom stereocenters. The van der Waals surface area contributed by atoms with Gasteiger partial charge in [-0.3, -0.25) is 9.59 Å². The predicted molar refractivity (Wildman–Crippen MR) is 82.2 cm³/mol. The van der Waals surface area contributed by atoms with Gasteiger partial charge in [0.05, 0.1) is 0 Å². The molecule has 0 spiro atoms. The van der Waals surface area contributed by atoms with Crippen molar-refractivity contribution in [3.63, 3.8) is 0 Å². The molecule has 1 fully saturated rings. The maximum Gasteiger partial charge on any atom is 0.303 e. The standard InChI is InChI=1S/C18H24O3/c1-13-2-4-15(5-3-13)12-17(19)16-9-6-14(7-10-16)8-11-18(20)21/h2-5,14,16H,6-12H2,1H3,(H,20,21). The average Bonchev–Trinajstić information content (AvgIpc) is 2.48. The van der Waals surface area contributed by atoms with E-state index in [1.807, 2.05) is 31.2 Å². The van der Waals surface area contributed by atoms with Gasteiger partial charge >= 0.3 is 5.97 Å². The molecule has 0 heterocycles. The smallest absolute Gasteiger partial charge is 0.303 e. The molecule has 2 rings (SSSR count). The van der Waals surface area contributed by atoms with Crippen molar-refractivity contribution in [2.75, 3.05) is 0 Å². The van der Waals surface area contributed by atoms with Gasteiger partial charge in [0.15, 0.2) is 0 Å². The third-order valence-electron chi connectivity index (χ3n) is 4.57. The van der Waals surface area contributed by atoms with Crippen molar-refractivity contribution in [2.24, 2.45) is 11.8 Å². The predicted octanol–water partition coefficient (Wildman–Crippen LogP) is 3.78. The van der Waals surface area contributed by atoms with Crippen molar-refractivity contribution in [1.29, 1.82) is 0 Å². The summed E-state index contributed by atoms with van der Waals surface area (Å²) in [7, 11) is 0. The first kappa shape index (κ1) is 15.7. The molecule has 21 heavy (non-hydrogen) atoms. The van der Waals surface area contributed by atoms with Crippen molar-refractivity contribution in [2.45, 2.75) is 51.9 Å². The fourth-order valence-corrected chi connectivity index (χ4v) is 3.15. The Balaban J connectivity index is 1.77. The van der Waals surface area contributed by atoms with Crippen LogP contribution in [0.25, 0.3) is 0 Å². The number of rotatable bonds is 6. The van der Waals surface area contributed by atoms with Crippen molar-refractivity contribution < 1.29 is 14.7 Å². The number of hydrogen-bond acceptors (Lipinski definition) is 2. The van der Waals surface area contributed by atoms with Gasteiger partial charge in [-0.05, 0) is 50.5 Å². The lowest BCUT2D eigenvalue weighted by molar-refractivity contribution is -0.137. The minimum absolute atomic E-state index is 0.174. The lowest BCUT2D eigenvalue weighted by atomic mass is 9.77. The summed E-state index contributed by atoms with van der Waals surface area (Å²) in [6.07, 6.45) is 5.39. The summed E-state index contributed by atoms with van der Waals surface area (Å²) in [5.74, 6) is 0.292. The molecule has 1 aliphatic carbocycles. The van der Waals surface area contributed by atoms with E-state index in [-0.39, 0.29) is 12.3 Å². The minimum atomic E-state index is -0.715. The number of carbonyl (C=O) groups excluding carboxylic acids is 1. The number of benzene rings is 1. The van der Waals surface area contributed by atoms with E-state index in [1.165, 1.54) is 5.56 Å². The summed E-state index contributed by atoms with van der Waals surface area (Å²) >= 11 is 0. The number of carbonyl (C=O) groups is 2. The van der Waals surface area contributed by atoms with Gasteiger partial charge in [0.1, 0.15) is 5.78 Å². The molecule has 1 aliphatic rings. The molecule has 1 aromatic carbocycles. The number of aliphatic carboxylic acids is 1. The Morgan fingerprint density at radius 2 is 1.71 bits per heavy atom. The van der Waals surface area contributed by atoms with Crippen LogP contribution in [0.1, 0.15) is 49.7 Å². The van der Waals surface area contributed by atoms with E-state index in [1.54, 1.807) is 0 Å². The normalized spacial score (nSPS) is 22.0. The Morgan fingerprint density at radius 1 is 1.10 bits per heavy atom. The Hall–Kier alpha value is -1.64.